The molecule has 1 aromatic rings. The number of benzene rings is 1. The van der Waals surface area contributed by atoms with Crippen LogP contribution in [0.15, 0.2) is 23.2 Å². The van der Waals surface area contributed by atoms with Gasteiger partial charge >= 0.3 is 0 Å². The fraction of sp³-hybridized carbons (Fsp3) is 0.632. The molecule has 1 saturated heterocycles. The zero-order valence-electron chi connectivity index (χ0n) is 16.0. The average molecular weight is 477 g/mol. The molecule has 5 nitrogen and oxygen atoms in total. The van der Waals surface area contributed by atoms with E-state index in [-0.39, 0.29) is 47.0 Å². The summed E-state index contributed by atoms with van der Waals surface area (Å²) in [5, 5.41) is 6.90. The maximum atomic E-state index is 13.9. The van der Waals surface area contributed by atoms with Gasteiger partial charge in [0.15, 0.2) is 17.5 Å². The smallest absolute Gasteiger partial charge is 0.191 e. The number of halogens is 2. The summed E-state index contributed by atoms with van der Waals surface area (Å²) in [5.74, 6) is 1.15. The Hall–Kier alpha value is -1.09. The SMILES string of the molecule is CN=C(NC(C)c1ccc(OC)c(F)c1)NC1C2CCOC2C1(C)C.I. The van der Waals surface area contributed by atoms with Crippen molar-refractivity contribution in [2.45, 2.75) is 45.4 Å². The van der Waals surface area contributed by atoms with Crippen molar-refractivity contribution >= 4 is 29.9 Å². The molecule has 1 heterocycles. The maximum Gasteiger partial charge on any atom is 0.191 e. The van der Waals surface area contributed by atoms with Crippen molar-refractivity contribution in [1.29, 1.82) is 0 Å². The van der Waals surface area contributed by atoms with Crippen LogP contribution in [-0.4, -0.2) is 38.9 Å². The van der Waals surface area contributed by atoms with E-state index in [9.17, 15) is 4.39 Å². The number of fused-ring (bicyclic) bond motifs is 1. The predicted molar refractivity (Wildman–Crippen MR) is 112 cm³/mol. The average Bonchev–Trinajstić information content (AvgIpc) is 3.05. The number of hydrogen-bond acceptors (Lipinski definition) is 3. The van der Waals surface area contributed by atoms with Gasteiger partial charge < -0.3 is 20.1 Å². The molecule has 4 unspecified atom stereocenters. The Bertz CT molecular complexity index is 668. The zero-order valence-corrected chi connectivity index (χ0v) is 18.3. The van der Waals surface area contributed by atoms with Gasteiger partial charge in [0.2, 0.25) is 0 Å². The summed E-state index contributed by atoms with van der Waals surface area (Å²) in [6.45, 7) is 7.28. The lowest BCUT2D eigenvalue weighted by atomic mass is 9.57. The van der Waals surface area contributed by atoms with Crippen LogP contribution >= 0.6 is 24.0 Å². The van der Waals surface area contributed by atoms with Crippen LogP contribution < -0.4 is 15.4 Å². The van der Waals surface area contributed by atoms with Crippen molar-refractivity contribution in [3.63, 3.8) is 0 Å². The Morgan fingerprint density at radius 1 is 1.42 bits per heavy atom. The highest BCUT2D eigenvalue weighted by Gasteiger charge is 2.59. The highest BCUT2D eigenvalue weighted by Crippen LogP contribution is 2.52. The van der Waals surface area contributed by atoms with E-state index in [4.69, 9.17) is 9.47 Å². The first-order valence-corrected chi connectivity index (χ1v) is 8.83. The van der Waals surface area contributed by atoms with Crippen LogP contribution in [0, 0.1) is 17.2 Å². The third-order valence-corrected chi connectivity index (χ3v) is 5.65. The van der Waals surface area contributed by atoms with Crippen LogP contribution in [0.1, 0.15) is 38.8 Å². The molecule has 0 aromatic heterocycles. The van der Waals surface area contributed by atoms with Gasteiger partial charge in [0.05, 0.1) is 19.3 Å². The number of rotatable bonds is 4. The number of nitrogens with one attached hydrogen (secondary N) is 2. The van der Waals surface area contributed by atoms with E-state index >= 15 is 0 Å². The number of guanidine groups is 1. The van der Waals surface area contributed by atoms with Gasteiger partial charge in [-0.15, -0.1) is 24.0 Å². The second-order valence-electron chi connectivity index (χ2n) is 7.52. The molecule has 2 aliphatic rings. The summed E-state index contributed by atoms with van der Waals surface area (Å²) in [6, 6.07) is 5.25. The molecule has 0 radical (unpaired) electrons. The van der Waals surface area contributed by atoms with Crippen molar-refractivity contribution in [1.82, 2.24) is 10.6 Å². The standard InChI is InChI=1S/C19H28FN3O2.HI/c1-11(12-6-7-15(24-5)14(20)10-12)22-18(21-4)23-16-13-8-9-25-17(13)19(16,2)3;/h6-7,10-11,13,16-17H,8-9H2,1-5H3,(H2,21,22,23);1H. The van der Waals surface area contributed by atoms with E-state index in [0.717, 1.165) is 24.6 Å². The van der Waals surface area contributed by atoms with Gasteiger partial charge in [-0.2, -0.15) is 0 Å². The van der Waals surface area contributed by atoms with Gasteiger partial charge in [0, 0.05) is 31.0 Å². The normalized spacial score (nSPS) is 27.6. The molecule has 1 aliphatic carbocycles. The minimum absolute atomic E-state index is 0. The molecule has 1 aliphatic heterocycles. The van der Waals surface area contributed by atoms with E-state index in [1.165, 1.54) is 13.2 Å². The van der Waals surface area contributed by atoms with Crippen molar-refractivity contribution in [2.24, 2.45) is 16.3 Å². The van der Waals surface area contributed by atoms with Crippen LogP contribution in [0.4, 0.5) is 4.39 Å². The Labute approximate surface area is 172 Å². The topological polar surface area (TPSA) is 54.9 Å². The summed E-state index contributed by atoms with van der Waals surface area (Å²) < 4.78 is 24.8. The van der Waals surface area contributed by atoms with Crippen molar-refractivity contribution < 1.29 is 13.9 Å². The summed E-state index contributed by atoms with van der Waals surface area (Å²) in [4.78, 5) is 4.35. The Balaban J connectivity index is 0.00000243. The molecule has 0 spiro atoms. The first kappa shape index (κ1) is 21.2. The lowest BCUT2D eigenvalue weighted by molar-refractivity contribution is -0.106. The number of nitrogens with zero attached hydrogens (tertiary/aromatic N) is 1. The molecular formula is C19H29FIN3O2. The third kappa shape index (κ3) is 3.78. The van der Waals surface area contributed by atoms with Crippen molar-refractivity contribution in [2.75, 3.05) is 20.8 Å². The van der Waals surface area contributed by atoms with E-state index in [1.807, 2.05) is 13.0 Å². The summed E-state index contributed by atoms with van der Waals surface area (Å²) in [5.41, 5.74) is 0.921. The summed E-state index contributed by atoms with van der Waals surface area (Å²) in [6.07, 6.45) is 1.42. The molecule has 3 rings (SSSR count). The highest BCUT2D eigenvalue weighted by molar-refractivity contribution is 14.0. The van der Waals surface area contributed by atoms with Gasteiger partial charge in [-0.3, -0.25) is 4.99 Å². The second kappa shape index (κ2) is 8.29. The number of methoxy groups -OCH3 is 1. The fourth-order valence-corrected chi connectivity index (χ4v) is 4.18. The van der Waals surface area contributed by atoms with Crippen LogP contribution in [0.25, 0.3) is 0 Å². The van der Waals surface area contributed by atoms with Crippen LogP contribution in [0.3, 0.4) is 0 Å². The lowest BCUT2D eigenvalue weighted by Gasteiger charge is -2.55. The molecule has 1 aromatic carbocycles. The van der Waals surface area contributed by atoms with Crippen LogP contribution in [0.5, 0.6) is 5.75 Å². The third-order valence-electron chi connectivity index (χ3n) is 5.65. The van der Waals surface area contributed by atoms with E-state index < -0.39 is 0 Å². The van der Waals surface area contributed by atoms with E-state index in [1.54, 1.807) is 13.1 Å². The molecule has 0 bridgehead atoms. The summed E-state index contributed by atoms with van der Waals surface area (Å²) in [7, 11) is 3.22. The zero-order chi connectivity index (χ0) is 18.2. The second-order valence-corrected chi connectivity index (χ2v) is 7.52. The van der Waals surface area contributed by atoms with Gasteiger partial charge in [-0.1, -0.05) is 19.9 Å². The monoisotopic (exact) mass is 477 g/mol. The molecular weight excluding hydrogens is 448 g/mol. The van der Waals surface area contributed by atoms with E-state index in [0.29, 0.717) is 18.1 Å². The molecule has 26 heavy (non-hydrogen) atoms. The molecule has 7 heteroatoms. The largest absolute Gasteiger partial charge is 0.494 e. The van der Waals surface area contributed by atoms with E-state index in [2.05, 4.69) is 29.5 Å². The Kier molecular flexibility index (Phi) is 6.76. The van der Waals surface area contributed by atoms with Crippen molar-refractivity contribution in [3.05, 3.63) is 29.6 Å². The molecule has 4 atom stereocenters. The molecule has 2 fully saturated rings. The Morgan fingerprint density at radius 3 is 2.77 bits per heavy atom. The number of ether oxygens (including phenoxy) is 2. The fourth-order valence-electron chi connectivity index (χ4n) is 4.18. The van der Waals surface area contributed by atoms with Crippen LogP contribution in [0.2, 0.25) is 0 Å². The number of aliphatic imine (C=N–C) groups is 1. The molecule has 1 saturated carbocycles. The van der Waals surface area contributed by atoms with Crippen LogP contribution in [-0.2, 0) is 4.74 Å². The highest BCUT2D eigenvalue weighted by atomic mass is 127. The number of hydrogen-bond donors (Lipinski definition) is 2. The molecule has 2 N–H and O–H groups in total. The minimum atomic E-state index is -0.359. The lowest BCUT2D eigenvalue weighted by Crippen LogP contribution is -2.68. The Morgan fingerprint density at radius 2 is 2.15 bits per heavy atom. The molecule has 0 amide bonds. The van der Waals surface area contributed by atoms with Gasteiger partial charge in [-0.05, 0) is 31.0 Å². The van der Waals surface area contributed by atoms with Gasteiger partial charge in [-0.25, -0.2) is 4.39 Å². The quantitative estimate of drug-likeness (QED) is 0.396. The molecule has 146 valence electrons. The first-order chi connectivity index (χ1) is 11.9. The maximum absolute atomic E-state index is 13.9. The first-order valence-electron chi connectivity index (χ1n) is 8.83. The summed E-state index contributed by atoms with van der Waals surface area (Å²) >= 11 is 0. The van der Waals surface area contributed by atoms with Gasteiger partial charge in [0.25, 0.3) is 0 Å². The minimum Gasteiger partial charge on any atom is -0.494 e. The van der Waals surface area contributed by atoms with Gasteiger partial charge in [0.1, 0.15) is 0 Å². The predicted octanol–water partition coefficient (Wildman–Crippen LogP) is 3.49. The van der Waals surface area contributed by atoms with Crippen molar-refractivity contribution in [3.8, 4) is 5.75 Å².